The fraction of sp³-hybridized carbons (Fsp3) is 0.293. The molecule has 0 radical (unpaired) electrons. The van der Waals surface area contributed by atoms with E-state index >= 15 is 0 Å². The summed E-state index contributed by atoms with van der Waals surface area (Å²) in [5.41, 5.74) is 7.54. The van der Waals surface area contributed by atoms with Gasteiger partial charge in [-0.1, -0.05) is 63.6 Å². The summed E-state index contributed by atoms with van der Waals surface area (Å²) in [6.07, 6.45) is 21.6. The van der Waals surface area contributed by atoms with Gasteiger partial charge in [0.25, 0.3) is 10.1 Å². The molecule has 0 saturated carbocycles. The molecule has 1 unspecified atom stereocenters. The first-order valence-corrected chi connectivity index (χ1v) is 18.0. The highest BCUT2D eigenvalue weighted by atomic mass is 32.2. The number of rotatable bonds is 7. The lowest BCUT2D eigenvalue weighted by atomic mass is 9.80. The van der Waals surface area contributed by atoms with E-state index < -0.39 is 15.8 Å². The van der Waals surface area contributed by atoms with Gasteiger partial charge in [0, 0.05) is 79.2 Å². The number of likely N-dealkylation sites (N-methyl/N-ethyl adjacent to an activating group) is 3. The van der Waals surface area contributed by atoms with Crippen molar-refractivity contribution in [3.8, 4) is 0 Å². The average Bonchev–Trinajstić information content (AvgIpc) is 3.35. The Balaban J connectivity index is 1.31. The number of benzene rings is 2. The Labute approximate surface area is 292 Å². The maximum Gasteiger partial charge on any atom is 0.299 e. The van der Waals surface area contributed by atoms with Gasteiger partial charge >= 0.3 is 0 Å². The third kappa shape index (κ3) is 5.97. The number of hydrogen-bond donors (Lipinski definition) is 0. The molecule has 3 aliphatic heterocycles. The topological polar surface area (TPSA) is 57.0 Å². The van der Waals surface area contributed by atoms with Crippen LogP contribution in [0, 0.1) is 6.92 Å². The van der Waals surface area contributed by atoms with E-state index in [1.54, 1.807) is 41.3 Å². The van der Waals surface area contributed by atoms with Gasteiger partial charge in [-0.05, 0) is 78.8 Å². The molecule has 0 N–H and O–H groups in total. The lowest BCUT2D eigenvalue weighted by Crippen LogP contribution is -2.45. The smallest absolute Gasteiger partial charge is 0.299 e. The van der Waals surface area contributed by atoms with Gasteiger partial charge < -0.3 is 14.7 Å². The lowest BCUT2D eigenvalue weighted by molar-refractivity contribution is -0.673. The molecule has 3 aromatic rings. The van der Waals surface area contributed by atoms with Gasteiger partial charge in [0.2, 0.25) is 5.69 Å². The molecule has 254 valence electrons. The minimum atomic E-state index is -4.07. The van der Waals surface area contributed by atoms with E-state index in [0.717, 1.165) is 17.0 Å². The first-order chi connectivity index (χ1) is 23.1. The van der Waals surface area contributed by atoms with Gasteiger partial charge in [0.05, 0.1) is 4.90 Å². The van der Waals surface area contributed by atoms with Crippen LogP contribution in [0.25, 0.3) is 6.08 Å². The number of aromatic nitrogens is 1. The first kappa shape index (κ1) is 34.2. The standard InChI is InChI=1S/C41H47N4O3S/c1-30-20-22-32(23-21-30)49(46,47)48-41(24-11-13-27-43(41)7)25-15-19-38-40(4,5)34-29-35-33(28-36(34)45(38)9)39(2,3)37(44(35)8)18-14-17-31-16-10-12-26-42(31)6/h10-29H,1-9H3/q+1. The van der Waals surface area contributed by atoms with Crippen LogP contribution < -0.4 is 14.4 Å². The number of allylic oxidation sites excluding steroid dienone is 8. The fourth-order valence-electron chi connectivity index (χ4n) is 7.19. The number of nitrogens with zero attached hydrogens (tertiary/aromatic N) is 4. The zero-order valence-corrected chi connectivity index (χ0v) is 30.8. The van der Waals surface area contributed by atoms with Crippen molar-refractivity contribution in [2.24, 2.45) is 7.05 Å². The molecule has 0 amide bonds. The van der Waals surface area contributed by atoms with E-state index in [2.05, 4.69) is 118 Å². The Morgan fingerprint density at radius 3 is 1.96 bits per heavy atom. The van der Waals surface area contributed by atoms with Crippen LogP contribution in [-0.2, 0) is 32.2 Å². The molecule has 49 heavy (non-hydrogen) atoms. The first-order valence-electron chi connectivity index (χ1n) is 16.6. The van der Waals surface area contributed by atoms with E-state index in [1.165, 1.54) is 28.2 Å². The van der Waals surface area contributed by atoms with Crippen LogP contribution in [0.5, 0.6) is 0 Å². The van der Waals surface area contributed by atoms with Crippen molar-refractivity contribution in [1.82, 2.24) is 4.90 Å². The van der Waals surface area contributed by atoms with Crippen molar-refractivity contribution in [3.05, 3.63) is 149 Å². The molecule has 3 aliphatic rings. The van der Waals surface area contributed by atoms with Crippen LogP contribution in [0.15, 0.2) is 132 Å². The van der Waals surface area contributed by atoms with Crippen LogP contribution >= 0.6 is 0 Å². The zero-order valence-electron chi connectivity index (χ0n) is 30.0. The van der Waals surface area contributed by atoms with Gasteiger partial charge in [0.1, 0.15) is 7.05 Å². The largest absolute Gasteiger partial charge is 0.347 e. The van der Waals surface area contributed by atoms with Crippen molar-refractivity contribution >= 4 is 27.6 Å². The van der Waals surface area contributed by atoms with Crippen LogP contribution in [-0.4, -0.2) is 40.2 Å². The van der Waals surface area contributed by atoms with E-state index in [1.807, 2.05) is 44.5 Å². The Hall–Kier alpha value is -4.66. The third-order valence-electron chi connectivity index (χ3n) is 10.3. The van der Waals surface area contributed by atoms with Crippen LogP contribution in [0.2, 0.25) is 0 Å². The summed E-state index contributed by atoms with van der Waals surface area (Å²) in [5.74, 6) is 0. The second-order valence-electron chi connectivity index (χ2n) is 14.2. The number of hydrogen-bond acceptors (Lipinski definition) is 6. The molecule has 0 spiro atoms. The SMILES string of the molecule is Cc1ccc(S(=O)(=O)OC2(C=CC=C3N(C)c4cc5c(cc4C3(C)C)N(C)C(=CC=Cc3cccc[n+]3C)C5(C)C)C=CC=CN2C)cc1. The van der Waals surface area contributed by atoms with E-state index in [9.17, 15) is 8.42 Å². The Kier molecular flexibility index (Phi) is 8.62. The summed E-state index contributed by atoms with van der Waals surface area (Å²) in [5, 5.41) is 0. The van der Waals surface area contributed by atoms with Gasteiger partial charge in [0.15, 0.2) is 11.9 Å². The van der Waals surface area contributed by atoms with Crippen molar-refractivity contribution < 1.29 is 17.2 Å². The highest BCUT2D eigenvalue weighted by Crippen LogP contribution is 2.55. The lowest BCUT2D eigenvalue weighted by Gasteiger charge is -2.37. The molecule has 0 bridgehead atoms. The van der Waals surface area contributed by atoms with Crippen LogP contribution in [0.1, 0.15) is 50.1 Å². The average molecular weight is 676 g/mol. The maximum absolute atomic E-state index is 13.4. The summed E-state index contributed by atoms with van der Waals surface area (Å²) < 4.78 is 35.0. The van der Waals surface area contributed by atoms with Crippen molar-refractivity contribution in [1.29, 1.82) is 0 Å². The summed E-state index contributed by atoms with van der Waals surface area (Å²) in [6, 6.07) is 17.6. The molecule has 0 aliphatic carbocycles. The minimum Gasteiger partial charge on any atom is -0.347 e. The van der Waals surface area contributed by atoms with Gasteiger partial charge in [-0.25, -0.2) is 8.75 Å². The van der Waals surface area contributed by atoms with Crippen molar-refractivity contribution in [2.75, 3.05) is 30.9 Å². The fourth-order valence-corrected chi connectivity index (χ4v) is 8.34. The summed E-state index contributed by atoms with van der Waals surface area (Å²) in [7, 11) is 4.05. The number of anilines is 2. The molecule has 4 heterocycles. The Morgan fingerprint density at radius 1 is 0.796 bits per heavy atom. The van der Waals surface area contributed by atoms with Crippen molar-refractivity contribution in [3.63, 3.8) is 0 Å². The zero-order chi connectivity index (χ0) is 35.4. The molecule has 6 rings (SSSR count). The van der Waals surface area contributed by atoms with E-state index in [-0.39, 0.29) is 15.7 Å². The molecule has 7 nitrogen and oxygen atoms in total. The van der Waals surface area contributed by atoms with E-state index in [0.29, 0.717) is 0 Å². The highest BCUT2D eigenvalue weighted by Gasteiger charge is 2.45. The number of pyridine rings is 1. The summed E-state index contributed by atoms with van der Waals surface area (Å²) in [6.45, 7) is 11.0. The van der Waals surface area contributed by atoms with Gasteiger partial charge in [-0.2, -0.15) is 8.42 Å². The molecule has 8 heteroatoms. The number of fused-ring (bicyclic) bond motifs is 2. The molecule has 2 aromatic carbocycles. The molecular formula is C41H47N4O3S+. The molecular weight excluding hydrogens is 629 g/mol. The molecule has 1 atom stereocenters. The predicted octanol–water partition coefficient (Wildman–Crippen LogP) is 7.43. The van der Waals surface area contributed by atoms with Gasteiger partial charge in [-0.15, -0.1) is 0 Å². The minimum absolute atomic E-state index is 0.118. The predicted molar refractivity (Wildman–Crippen MR) is 199 cm³/mol. The molecule has 0 saturated heterocycles. The second-order valence-corrected chi connectivity index (χ2v) is 15.8. The highest BCUT2D eigenvalue weighted by molar-refractivity contribution is 7.86. The quantitative estimate of drug-likeness (QED) is 0.192. The van der Waals surface area contributed by atoms with Crippen LogP contribution in [0.3, 0.4) is 0 Å². The van der Waals surface area contributed by atoms with Crippen LogP contribution in [0.4, 0.5) is 11.4 Å². The van der Waals surface area contributed by atoms with Crippen molar-refractivity contribution in [2.45, 2.75) is 56.1 Å². The maximum atomic E-state index is 13.4. The second kappa shape index (κ2) is 12.3. The third-order valence-corrected chi connectivity index (χ3v) is 11.6. The monoisotopic (exact) mass is 675 g/mol. The van der Waals surface area contributed by atoms with E-state index in [4.69, 9.17) is 4.18 Å². The molecule has 1 aromatic heterocycles. The van der Waals surface area contributed by atoms with Gasteiger partial charge in [-0.3, -0.25) is 0 Å². The Bertz CT molecular complexity index is 2080. The molecule has 0 fully saturated rings. The Morgan fingerprint density at radius 2 is 1.39 bits per heavy atom. The number of aryl methyl sites for hydroxylation is 2. The normalized spacial score (nSPS) is 22.7. The summed E-state index contributed by atoms with van der Waals surface area (Å²) in [4.78, 5) is 6.45. The summed E-state index contributed by atoms with van der Waals surface area (Å²) >= 11 is 0.